The van der Waals surface area contributed by atoms with E-state index in [-0.39, 0.29) is 38.9 Å². The number of ether oxygens (including phenoxy) is 10. The van der Waals surface area contributed by atoms with Gasteiger partial charge in [-0.2, -0.15) is 0 Å². The predicted molar refractivity (Wildman–Crippen MR) is 460 cm³/mol. The van der Waals surface area contributed by atoms with Gasteiger partial charge in [-0.15, -0.1) is 0 Å². The Morgan fingerprint density at radius 2 is 0.714 bits per heavy atom. The second-order valence-electron chi connectivity index (χ2n) is 31.7. The maximum Gasteiger partial charge on any atom is 0.220 e. The fourth-order valence-corrected chi connectivity index (χ4v) is 15.4. The Hall–Kier alpha value is -5.97. The highest BCUT2D eigenvalue weighted by molar-refractivity contribution is 5.76. The second kappa shape index (κ2) is 61.4. The highest BCUT2D eigenvalue weighted by atomic mass is 16.7. The largest absolute Gasteiger partial charge is 0.497 e. The van der Waals surface area contributed by atoms with Gasteiger partial charge < -0.3 is 57.6 Å². The molecule has 622 valence electrons. The zero-order valence-electron chi connectivity index (χ0n) is 70.4. The fraction of sp³-hybridized carbons (Fsp3) is 0.626. The summed E-state index contributed by atoms with van der Waals surface area (Å²) in [6, 6.07) is 56.2. The van der Waals surface area contributed by atoms with Gasteiger partial charge in [0.05, 0.1) is 79.2 Å². The SMILES string of the molecule is CCCCCCCCCCCCCC[C@@H](OCc1ccc(OC)cc1)[C@@H](OCc1ccc(OC)cc1)[C@H](CO[C@H]1O[C@H](COCc2ccccc2)[C@H](OCc2ccccc2)[C@H](OCc2ccccc2)[C@H]1OCc1ccccc1)NC(=O)CCCCCCN(CCCCCCCCCCCC)CCCCCCCCCCCC. The Bertz CT molecular complexity index is 3120. The molecule has 1 N–H and O–H groups in total. The van der Waals surface area contributed by atoms with Crippen molar-refractivity contribution < 1.29 is 52.2 Å². The topological polar surface area (TPSA) is 125 Å². The normalized spacial score (nSPS) is 16.5. The standard InChI is InChI=1S/C99H150N2O11/c1-6-9-12-15-18-21-24-25-26-29-32-49-62-92(106-76-87-64-68-89(103-4)69-65-87)95(107-80-88-66-70-90(104-5)71-67-88)91(100-94(102)63-50-33-36-53-74-101(72-51-34-30-27-22-19-16-13-10-7-2)73-52-35-31-28-23-20-17-14-11-8-3)81-111-99-98(110-79-86-60-47-40-48-61-86)97(109-78-85-58-45-39-46-59-85)96(108-77-84-56-43-38-44-57-84)93(112-99)82-105-75-83-54-41-37-42-55-83/h37-48,54-61,64-71,91-93,95-99H,6-36,49-53,62-63,72-82H2,1-5H3,(H,100,102)/t91-,92+,93+,95-,96-,97-,98+,99-/m0/s1. The van der Waals surface area contributed by atoms with Crippen molar-refractivity contribution in [1.82, 2.24) is 10.2 Å². The third kappa shape index (κ3) is 40.5. The minimum atomic E-state index is -1.04. The number of nitrogens with zero attached hydrogens (tertiary/aromatic N) is 1. The molecule has 1 aliphatic heterocycles. The Morgan fingerprint density at radius 3 is 1.12 bits per heavy atom. The summed E-state index contributed by atoms with van der Waals surface area (Å²) in [4.78, 5) is 18.1. The number of nitrogens with one attached hydrogen (secondary N) is 1. The number of hydrogen-bond acceptors (Lipinski definition) is 12. The molecule has 0 bridgehead atoms. The summed E-state index contributed by atoms with van der Waals surface area (Å²) in [6.07, 6.45) is 41.7. The summed E-state index contributed by atoms with van der Waals surface area (Å²) in [6.45, 7) is 12.3. The summed E-state index contributed by atoms with van der Waals surface area (Å²) in [5.41, 5.74) is 6.00. The number of hydrogen-bond donors (Lipinski definition) is 1. The first-order valence-electron chi connectivity index (χ1n) is 44.7. The van der Waals surface area contributed by atoms with Gasteiger partial charge in [0.1, 0.15) is 42.0 Å². The number of rotatable bonds is 69. The Morgan fingerprint density at radius 1 is 0.366 bits per heavy atom. The minimum absolute atomic E-state index is 0.0117. The molecule has 13 nitrogen and oxygen atoms in total. The van der Waals surface area contributed by atoms with Gasteiger partial charge in [0, 0.05) is 6.42 Å². The van der Waals surface area contributed by atoms with E-state index in [0.29, 0.717) is 32.7 Å². The van der Waals surface area contributed by atoms with Crippen LogP contribution in [0, 0.1) is 0 Å². The van der Waals surface area contributed by atoms with Crippen LogP contribution in [0.2, 0.25) is 0 Å². The van der Waals surface area contributed by atoms with E-state index in [2.05, 4.69) is 91.7 Å². The van der Waals surface area contributed by atoms with Crippen LogP contribution in [0.4, 0.5) is 0 Å². The number of unbranched alkanes of at least 4 members (excludes halogenated alkanes) is 32. The smallest absolute Gasteiger partial charge is 0.220 e. The summed E-state index contributed by atoms with van der Waals surface area (Å²) in [5, 5.41) is 3.62. The quantitative estimate of drug-likeness (QED) is 0.0366. The van der Waals surface area contributed by atoms with Gasteiger partial charge in [-0.25, -0.2) is 0 Å². The maximum absolute atomic E-state index is 15.3. The highest BCUT2D eigenvalue weighted by Gasteiger charge is 2.50. The van der Waals surface area contributed by atoms with E-state index in [4.69, 9.17) is 47.4 Å². The third-order valence-corrected chi connectivity index (χ3v) is 22.2. The minimum Gasteiger partial charge on any atom is -0.497 e. The van der Waals surface area contributed by atoms with Crippen LogP contribution in [0.3, 0.4) is 0 Å². The lowest BCUT2D eigenvalue weighted by Crippen LogP contribution is -2.62. The van der Waals surface area contributed by atoms with E-state index >= 15 is 4.79 Å². The fourth-order valence-electron chi connectivity index (χ4n) is 15.4. The molecule has 0 unspecified atom stereocenters. The molecule has 6 aromatic rings. The van der Waals surface area contributed by atoms with Crippen molar-refractivity contribution in [2.45, 2.75) is 353 Å². The molecule has 1 fully saturated rings. The maximum atomic E-state index is 15.3. The van der Waals surface area contributed by atoms with Gasteiger partial charge in [0.15, 0.2) is 6.29 Å². The number of methoxy groups -OCH3 is 2. The molecular weight excluding hydrogens is 1390 g/mol. The van der Waals surface area contributed by atoms with Crippen molar-refractivity contribution in [2.75, 3.05) is 47.1 Å². The van der Waals surface area contributed by atoms with Crippen molar-refractivity contribution >= 4 is 5.91 Å². The van der Waals surface area contributed by atoms with Gasteiger partial charge in [-0.05, 0) is 109 Å². The van der Waals surface area contributed by atoms with Crippen LogP contribution in [0.15, 0.2) is 170 Å². The Kier molecular flexibility index (Phi) is 51.1. The van der Waals surface area contributed by atoms with E-state index in [1.54, 1.807) is 14.2 Å². The molecule has 1 aliphatic rings. The summed E-state index contributed by atoms with van der Waals surface area (Å²) >= 11 is 0. The molecule has 1 heterocycles. The molecule has 0 radical (unpaired) electrons. The van der Waals surface area contributed by atoms with Gasteiger partial charge in [-0.1, -0.05) is 372 Å². The molecule has 8 atom stereocenters. The lowest BCUT2D eigenvalue weighted by molar-refractivity contribution is -0.330. The molecule has 0 aliphatic carbocycles. The van der Waals surface area contributed by atoms with Crippen molar-refractivity contribution in [2.24, 2.45) is 0 Å². The van der Waals surface area contributed by atoms with Crippen LogP contribution in [0.5, 0.6) is 11.5 Å². The van der Waals surface area contributed by atoms with Crippen molar-refractivity contribution in [3.63, 3.8) is 0 Å². The Balaban J connectivity index is 1.18. The number of amides is 1. The van der Waals surface area contributed by atoms with Crippen LogP contribution in [-0.4, -0.2) is 107 Å². The first-order valence-corrected chi connectivity index (χ1v) is 44.7. The highest BCUT2D eigenvalue weighted by Crippen LogP contribution is 2.34. The van der Waals surface area contributed by atoms with Crippen molar-refractivity contribution in [3.05, 3.63) is 203 Å². The molecule has 7 rings (SSSR count). The molecule has 1 saturated heterocycles. The van der Waals surface area contributed by atoms with Gasteiger partial charge in [-0.3, -0.25) is 4.79 Å². The monoisotopic (exact) mass is 1540 g/mol. The zero-order valence-corrected chi connectivity index (χ0v) is 70.4. The van der Waals surface area contributed by atoms with Gasteiger partial charge in [0.25, 0.3) is 0 Å². The zero-order chi connectivity index (χ0) is 78.6. The van der Waals surface area contributed by atoms with Crippen LogP contribution < -0.4 is 14.8 Å². The predicted octanol–water partition coefficient (Wildman–Crippen LogP) is 24.6. The van der Waals surface area contributed by atoms with E-state index in [1.165, 1.54) is 199 Å². The number of benzene rings is 6. The Labute approximate surface area is 679 Å². The molecule has 13 heteroatoms. The van der Waals surface area contributed by atoms with Gasteiger partial charge in [0.2, 0.25) is 5.91 Å². The molecular formula is C99H150N2O11. The number of carbonyl (C=O) groups is 1. The summed E-state index contributed by atoms with van der Waals surface area (Å²) in [7, 11) is 3.38. The summed E-state index contributed by atoms with van der Waals surface area (Å²) in [5.74, 6) is 1.49. The summed E-state index contributed by atoms with van der Waals surface area (Å²) < 4.78 is 69.0. The van der Waals surface area contributed by atoms with Crippen LogP contribution >= 0.6 is 0 Å². The molecule has 0 saturated carbocycles. The molecule has 6 aromatic carbocycles. The second-order valence-corrected chi connectivity index (χ2v) is 31.7. The first-order chi connectivity index (χ1) is 55.4. The van der Waals surface area contributed by atoms with Crippen LogP contribution in [0.25, 0.3) is 0 Å². The number of carbonyl (C=O) groups excluding carboxylic acids is 1. The average Bonchev–Trinajstić information content (AvgIpc) is 0.785. The lowest BCUT2D eigenvalue weighted by Gasteiger charge is -2.46. The molecule has 112 heavy (non-hydrogen) atoms. The first kappa shape index (κ1) is 93.2. The van der Waals surface area contributed by atoms with Crippen molar-refractivity contribution in [3.8, 4) is 11.5 Å². The lowest BCUT2D eigenvalue weighted by atomic mass is 9.97. The molecule has 0 aromatic heterocycles. The third-order valence-electron chi connectivity index (χ3n) is 22.2. The molecule has 1 amide bonds. The van der Waals surface area contributed by atoms with E-state index in [1.807, 2.05) is 109 Å². The average molecular weight is 1540 g/mol. The van der Waals surface area contributed by atoms with E-state index < -0.39 is 49.0 Å². The van der Waals surface area contributed by atoms with Crippen molar-refractivity contribution in [1.29, 1.82) is 0 Å². The van der Waals surface area contributed by atoms with E-state index in [0.717, 1.165) is 96.4 Å². The van der Waals surface area contributed by atoms with Crippen LogP contribution in [0.1, 0.15) is 298 Å². The van der Waals surface area contributed by atoms with Crippen LogP contribution in [-0.2, 0) is 82.3 Å². The molecule has 0 spiro atoms. The van der Waals surface area contributed by atoms with E-state index in [9.17, 15) is 0 Å². The van der Waals surface area contributed by atoms with Gasteiger partial charge >= 0.3 is 0 Å².